The van der Waals surface area contributed by atoms with Crippen molar-refractivity contribution in [3.05, 3.63) is 5.21 Å². The first-order valence-electron chi connectivity index (χ1n) is 3.07. The lowest BCUT2D eigenvalue weighted by Crippen LogP contribution is -2.53. The van der Waals surface area contributed by atoms with Crippen LogP contribution in [-0.2, 0) is 0 Å². The lowest BCUT2D eigenvalue weighted by molar-refractivity contribution is -0.100. The van der Waals surface area contributed by atoms with Gasteiger partial charge in [-0.15, -0.1) is 0 Å². The highest BCUT2D eigenvalue weighted by atomic mass is 16.5. The second-order valence-corrected chi connectivity index (χ2v) is 2.47. The van der Waals surface area contributed by atoms with Crippen LogP contribution in [0, 0.1) is 5.21 Å². The first-order chi connectivity index (χ1) is 4.61. The fourth-order valence-corrected chi connectivity index (χ4v) is 0.964. The molecular weight excluding hydrogens is 138 g/mol. The van der Waals surface area contributed by atoms with Gasteiger partial charge in [-0.2, -0.15) is 0 Å². The number of nitrogens with zero attached hydrogens (tertiary/aromatic N) is 1. The molecule has 2 atom stereocenters. The summed E-state index contributed by atoms with van der Waals surface area (Å²) in [6.45, 7) is -0.254. The molecule has 10 heavy (non-hydrogen) atoms. The Balaban J connectivity index is 2.49. The Labute approximate surface area is 58.1 Å². The standard InChI is InChI=1S/C5H10NO4/c7-3-1-6(10)2-4(8)5(3)9/h3-5,7-9H,1-2H2/q-1. The quantitative estimate of drug-likeness (QED) is 0.365. The molecular formula is C5H10NO4-. The third-order valence-electron chi connectivity index (χ3n) is 1.57. The van der Waals surface area contributed by atoms with Crippen molar-refractivity contribution < 1.29 is 15.3 Å². The largest absolute Gasteiger partial charge is 0.785 e. The van der Waals surface area contributed by atoms with Crippen molar-refractivity contribution in [1.29, 1.82) is 0 Å². The van der Waals surface area contributed by atoms with Crippen LogP contribution in [0.1, 0.15) is 0 Å². The Morgan fingerprint density at radius 1 is 1.10 bits per heavy atom. The lowest BCUT2D eigenvalue weighted by atomic mass is 10.0. The molecule has 60 valence electrons. The lowest BCUT2D eigenvalue weighted by Gasteiger charge is -2.40. The van der Waals surface area contributed by atoms with E-state index in [1.807, 2.05) is 0 Å². The molecule has 1 rings (SSSR count). The van der Waals surface area contributed by atoms with E-state index in [1.165, 1.54) is 0 Å². The minimum atomic E-state index is -1.18. The SMILES string of the molecule is [O-]N1CC(O)C(O)C(O)C1. The predicted molar refractivity (Wildman–Crippen MR) is 33.0 cm³/mol. The molecule has 0 aromatic heterocycles. The van der Waals surface area contributed by atoms with Gasteiger partial charge in [0.2, 0.25) is 0 Å². The highest BCUT2D eigenvalue weighted by molar-refractivity contribution is 4.86. The molecule has 5 heteroatoms. The Kier molecular flexibility index (Phi) is 2.22. The van der Waals surface area contributed by atoms with E-state index in [0.29, 0.717) is 5.06 Å². The summed E-state index contributed by atoms with van der Waals surface area (Å²) in [5.41, 5.74) is 0. The number of piperidine rings is 1. The van der Waals surface area contributed by atoms with Crippen molar-refractivity contribution in [2.75, 3.05) is 13.1 Å². The summed E-state index contributed by atoms with van der Waals surface area (Å²) in [6.07, 6.45) is -3.42. The van der Waals surface area contributed by atoms with E-state index >= 15 is 0 Å². The molecule has 0 radical (unpaired) electrons. The molecule has 1 saturated heterocycles. The molecule has 0 aromatic rings. The molecule has 1 aliphatic rings. The van der Waals surface area contributed by atoms with Gasteiger partial charge in [-0.25, -0.2) is 0 Å². The van der Waals surface area contributed by atoms with Crippen LogP contribution in [0.2, 0.25) is 0 Å². The molecule has 1 heterocycles. The van der Waals surface area contributed by atoms with Crippen molar-refractivity contribution >= 4 is 0 Å². The van der Waals surface area contributed by atoms with Gasteiger partial charge in [-0.1, -0.05) is 0 Å². The summed E-state index contributed by atoms with van der Waals surface area (Å²) in [6, 6.07) is 0. The van der Waals surface area contributed by atoms with E-state index in [2.05, 4.69) is 0 Å². The van der Waals surface area contributed by atoms with Crippen molar-refractivity contribution in [3.8, 4) is 0 Å². The summed E-state index contributed by atoms with van der Waals surface area (Å²) >= 11 is 0. The Morgan fingerprint density at radius 2 is 1.50 bits per heavy atom. The number of hydroxylamine groups is 2. The molecule has 0 aromatic carbocycles. The average Bonchev–Trinajstić information content (AvgIpc) is 1.82. The topological polar surface area (TPSA) is 87.0 Å². The fraction of sp³-hybridized carbons (Fsp3) is 1.00. The van der Waals surface area contributed by atoms with Gasteiger partial charge in [0.1, 0.15) is 6.10 Å². The summed E-state index contributed by atoms with van der Waals surface area (Å²) in [4.78, 5) is 0. The molecule has 0 spiro atoms. The Hall–Kier alpha value is -0.200. The van der Waals surface area contributed by atoms with Crippen LogP contribution >= 0.6 is 0 Å². The number of β-amino-alcohol motifs (C(OH)–C–C–N with tert-alkyl or cyclic N) is 2. The summed E-state index contributed by atoms with van der Waals surface area (Å²) < 4.78 is 0. The number of hydrogen-bond donors (Lipinski definition) is 3. The predicted octanol–water partition coefficient (Wildman–Crippen LogP) is -2.12. The zero-order valence-corrected chi connectivity index (χ0v) is 5.34. The molecule has 0 aliphatic carbocycles. The minimum Gasteiger partial charge on any atom is -0.785 e. The maximum Gasteiger partial charge on any atom is 0.108 e. The van der Waals surface area contributed by atoms with E-state index in [1.54, 1.807) is 0 Å². The van der Waals surface area contributed by atoms with Crippen LogP contribution in [0.25, 0.3) is 0 Å². The van der Waals surface area contributed by atoms with Crippen molar-refractivity contribution in [2.45, 2.75) is 18.3 Å². The summed E-state index contributed by atoms with van der Waals surface area (Å²) in [5.74, 6) is 0. The number of aliphatic hydroxyl groups is 3. The van der Waals surface area contributed by atoms with Gasteiger partial charge in [0, 0.05) is 13.1 Å². The van der Waals surface area contributed by atoms with Crippen LogP contribution in [-0.4, -0.2) is 51.8 Å². The van der Waals surface area contributed by atoms with Crippen LogP contribution in [0.5, 0.6) is 0 Å². The first kappa shape index (κ1) is 7.90. The van der Waals surface area contributed by atoms with E-state index < -0.39 is 18.3 Å². The fourth-order valence-electron chi connectivity index (χ4n) is 0.964. The average molecular weight is 148 g/mol. The molecule has 5 nitrogen and oxygen atoms in total. The highest BCUT2D eigenvalue weighted by Gasteiger charge is 2.29. The van der Waals surface area contributed by atoms with Crippen molar-refractivity contribution in [1.82, 2.24) is 5.06 Å². The first-order valence-corrected chi connectivity index (χ1v) is 3.07. The van der Waals surface area contributed by atoms with E-state index in [-0.39, 0.29) is 13.1 Å². The molecule has 0 bridgehead atoms. The molecule has 3 N–H and O–H groups in total. The van der Waals surface area contributed by atoms with Gasteiger partial charge in [0.15, 0.2) is 0 Å². The molecule has 1 fully saturated rings. The summed E-state index contributed by atoms with van der Waals surface area (Å²) in [5, 5.41) is 37.7. The molecule has 2 unspecified atom stereocenters. The van der Waals surface area contributed by atoms with Gasteiger partial charge in [-0.05, 0) is 0 Å². The van der Waals surface area contributed by atoms with E-state index in [9.17, 15) is 5.21 Å². The maximum absolute atomic E-state index is 10.5. The zero-order chi connectivity index (χ0) is 7.72. The number of aliphatic hydroxyl groups excluding tert-OH is 3. The highest BCUT2D eigenvalue weighted by Crippen LogP contribution is 2.09. The van der Waals surface area contributed by atoms with Gasteiger partial charge < -0.3 is 25.6 Å². The van der Waals surface area contributed by atoms with E-state index in [0.717, 1.165) is 0 Å². The van der Waals surface area contributed by atoms with Crippen LogP contribution < -0.4 is 0 Å². The van der Waals surface area contributed by atoms with Crippen LogP contribution in [0.3, 0.4) is 0 Å². The number of rotatable bonds is 0. The van der Waals surface area contributed by atoms with E-state index in [4.69, 9.17) is 15.3 Å². The summed E-state index contributed by atoms with van der Waals surface area (Å²) in [7, 11) is 0. The third-order valence-corrected chi connectivity index (χ3v) is 1.57. The second kappa shape index (κ2) is 2.81. The van der Waals surface area contributed by atoms with Gasteiger partial charge >= 0.3 is 0 Å². The molecule has 0 saturated carbocycles. The van der Waals surface area contributed by atoms with Crippen molar-refractivity contribution in [3.63, 3.8) is 0 Å². The van der Waals surface area contributed by atoms with Crippen LogP contribution in [0.4, 0.5) is 0 Å². The van der Waals surface area contributed by atoms with Gasteiger partial charge in [-0.3, -0.25) is 0 Å². The zero-order valence-electron chi connectivity index (χ0n) is 5.34. The number of hydrogen-bond acceptors (Lipinski definition) is 5. The van der Waals surface area contributed by atoms with Crippen LogP contribution in [0.15, 0.2) is 0 Å². The molecule has 0 amide bonds. The Morgan fingerprint density at radius 3 is 1.90 bits per heavy atom. The third kappa shape index (κ3) is 1.44. The smallest absolute Gasteiger partial charge is 0.108 e. The maximum atomic E-state index is 10.5. The normalized spacial score (nSPS) is 43.8. The second-order valence-electron chi connectivity index (χ2n) is 2.47. The monoisotopic (exact) mass is 148 g/mol. The van der Waals surface area contributed by atoms with Gasteiger partial charge in [0.05, 0.1) is 12.2 Å². The molecule has 1 aliphatic heterocycles. The minimum absolute atomic E-state index is 0.127. The van der Waals surface area contributed by atoms with Crippen molar-refractivity contribution in [2.24, 2.45) is 0 Å². The Bertz CT molecular complexity index is 108. The van der Waals surface area contributed by atoms with Gasteiger partial charge in [0.25, 0.3) is 0 Å².